The Bertz CT molecular complexity index is 353. The first kappa shape index (κ1) is 18.2. The quantitative estimate of drug-likeness (QED) is 0.782. The molecule has 0 atom stereocenters. The maximum atomic E-state index is 12.3. The normalized spacial score (nSPS) is 21.3. The van der Waals surface area contributed by atoms with Crippen LogP contribution in [0.25, 0.3) is 0 Å². The van der Waals surface area contributed by atoms with E-state index in [1.165, 1.54) is 6.42 Å². The van der Waals surface area contributed by atoms with Gasteiger partial charge in [0.25, 0.3) is 5.91 Å². The highest BCUT2D eigenvalue weighted by atomic mass is 35.5. The summed E-state index contributed by atoms with van der Waals surface area (Å²) in [5, 5.41) is 5.97. The molecule has 0 radical (unpaired) electrons. The van der Waals surface area contributed by atoms with Gasteiger partial charge in [-0.2, -0.15) is 0 Å². The van der Waals surface area contributed by atoms with Crippen molar-refractivity contribution < 1.29 is 14.3 Å². The topological polar surface area (TPSA) is 70.7 Å². The Morgan fingerprint density at radius 2 is 1.81 bits per heavy atom. The summed E-state index contributed by atoms with van der Waals surface area (Å²) >= 11 is 0. The average molecular weight is 320 g/mol. The predicted octanol–water partition coefficient (Wildman–Crippen LogP) is 0.305. The lowest BCUT2D eigenvalue weighted by molar-refractivity contribution is -0.148. The van der Waals surface area contributed by atoms with Crippen LogP contribution in [0.3, 0.4) is 0 Å². The van der Waals surface area contributed by atoms with Gasteiger partial charge in [-0.1, -0.05) is 0 Å². The molecule has 2 fully saturated rings. The molecule has 6 nitrogen and oxygen atoms in total. The average Bonchev–Trinajstić information content (AvgIpc) is 2.53. The molecule has 0 aromatic rings. The minimum absolute atomic E-state index is 0. The summed E-state index contributed by atoms with van der Waals surface area (Å²) in [7, 11) is 1.57. The number of nitrogens with one attached hydrogen (secondary N) is 2. The number of rotatable bonds is 4. The minimum Gasteiger partial charge on any atom is -0.368 e. The molecule has 2 N–H and O–H groups in total. The summed E-state index contributed by atoms with van der Waals surface area (Å²) in [5.74, 6) is -0.148. The second-order valence-electron chi connectivity index (χ2n) is 5.57. The molecule has 2 heterocycles. The van der Waals surface area contributed by atoms with Crippen LogP contribution in [0.15, 0.2) is 0 Å². The monoisotopic (exact) mass is 319 g/mol. The van der Waals surface area contributed by atoms with Crippen molar-refractivity contribution in [2.24, 2.45) is 0 Å². The minimum atomic E-state index is -0.770. The molecule has 0 aliphatic carbocycles. The van der Waals surface area contributed by atoms with Crippen LogP contribution in [-0.4, -0.2) is 62.1 Å². The molecule has 7 heteroatoms. The molecule has 0 saturated carbocycles. The lowest BCUT2D eigenvalue weighted by atomic mass is 9.91. The lowest BCUT2D eigenvalue weighted by Crippen LogP contribution is -2.55. The van der Waals surface area contributed by atoms with Gasteiger partial charge in [0.05, 0.1) is 6.54 Å². The van der Waals surface area contributed by atoms with E-state index in [1.807, 2.05) is 4.90 Å². The summed E-state index contributed by atoms with van der Waals surface area (Å²) in [4.78, 5) is 26.2. The van der Waals surface area contributed by atoms with Crippen molar-refractivity contribution in [3.63, 3.8) is 0 Å². The first-order valence-corrected chi connectivity index (χ1v) is 7.50. The first-order chi connectivity index (χ1) is 9.68. The van der Waals surface area contributed by atoms with Gasteiger partial charge in [0.1, 0.15) is 5.60 Å². The third-order valence-electron chi connectivity index (χ3n) is 4.32. The zero-order valence-electron chi connectivity index (χ0n) is 12.7. The second kappa shape index (κ2) is 8.56. The summed E-state index contributed by atoms with van der Waals surface area (Å²) in [6, 6.07) is 0. The maximum Gasteiger partial charge on any atom is 0.252 e. The van der Waals surface area contributed by atoms with E-state index < -0.39 is 5.60 Å². The highest BCUT2D eigenvalue weighted by molar-refractivity contribution is 5.89. The van der Waals surface area contributed by atoms with E-state index in [9.17, 15) is 9.59 Å². The zero-order chi connectivity index (χ0) is 14.4. The number of amides is 2. The standard InChI is InChI=1S/C14H25N3O3.ClH/c1-20-14(5-7-15-8-6-14)13(19)16-11-12(18)17-9-3-2-4-10-17;/h15H,2-11H2,1H3,(H,16,19);1H. The number of hydrogen-bond acceptors (Lipinski definition) is 4. The van der Waals surface area contributed by atoms with E-state index in [-0.39, 0.29) is 30.8 Å². The van der Waals surface area contributed by atoms with Crippen molar-refractivity contribution in [3.8, 4) is 0 Å². The van der Waals surface area contributed by atoms with Crippen LogP contribution >= 0.6 is 12.4 Å². The van der Waals surface area contributed by atoms with Crippen LogP contribution in [0.5, 0.6) is 0 Å². The molecule has 0 spiro atoms. The van der Waals surface area contributed by atoms with Gasteiger partial charge in [-0.25, -0.2) is 0 Å². The number of likely N-dealkylation sites (tertiary alicyclic amines) is 1. The third-order valence-corrected chi connectivity index (χ3v) is 4.32. The van der Waals surface area contributed by atoms with Gasteiger partial charge < -0.3 is 20.3 Å². The number of nitrogens with zero attached hydrogens (tertiary/aromatic N) is 1. The Labute approximate surface area is 132 Å². The first-order valence-electron chi connectivity index (χ1n) is 7.50. The van der Waals surface area contributed by atoms with E-state index in [4.69, 9.17) is 4.74 Å². The Morgan fingerprint density at radius 3 is 2.38 bits per heavy atom. The fourth-order valence-corrected chi connectivity index (χ4v) is 2.93. The van der Waals surface area contributed by atoms with Gasteiger partial charge in [0.15, 0.2) is 0 Å². The van der Waals surface area contributed by atoms with Crippen molar-refractivity contribution in [1.82, 2.24) is 15.5 Å². The Kier molecular flexibility index (Phi) is 7.42. The number of piperidine rings is 2. The molecule has 0 aromatic heterocycles. The van der Waals surface area contributed by atoms with Crippen LogP contribution in [0.1, 0.15) is 32.1 Å². The van der Waals surface area contributed by atoms with Crippen molar-refractivity contribution in [2.45, 2.75) is 37.7 Å². The molecule has 2 aliphatic heterocycles. The Balaban J connectivity index is 0.00000220. The van der Waals surface area contributed by atoms with E-state index >= 15 is 0 Å². The van der Waals surface area contributed by atoms with E-state index in [0.717, 1.165) is 39.0 Å². The molecular formula is C14H26ClN3O3. The van der Waals surface area contributed by atoms with Gasteiger partial charge in [0.2, 0.25) is 5.91 Å². The van der Waals surface area contributed by atoms with Crippen LogP contribution in [0.2, 0.25) is 0 Å². The van der Waals surface area contributed by atoms with E-state index in [2.05, 4.69) is 10.6 Å². The Hall–Kier alpha value is -0.850. The lowest BCUT2D eigenvalue weighted by Gasteiger charge is -2.35. The fourth-order valence-electron chi connectivity index (χ4n) is 2.93. The van der Waals surface area contributed by atoms with Crippen LogP contribution in [0.4, 0.5) is 0 Å². The van der Waals surface area contributed by atoms with Crippen molar-refractivity contribution in [3.05, 3.63) is 0 Å². The summed E-state index contributed by atoms with van der Waals surface area (Å²) < 4.78 is 5.44. The molecule has 0 bridgehead atoms. The highest BCUT2D eigenvalue weighted by Gasteiger charge is 2.39. The SMILES string of the molecule is COC1(C(=O)NCC(=O)N2CCCCC2)CCNCC1.Cl. The van der Waals surface area contributed by atoms with Crippen molar-refractivity contribution in [2.75, 3.05) is 39.8 Å². The smallest absolute Gasteiger partial charge is 0.252 e. The van der Waals surface area contributed by atoms with Gasteiger partial charge in [-0.05, 0) is 45.2 Å². The van der Waals surface area contributed by atoms with Crippen molar-refractivity contribution in [1.29, 1.82) is 0 Å². The largest absolute Gasteiger partial charge is 0.368 e. The number of ether oxygens (including phenoxy) is 1. The molecule has 2 amide bonds. The zero-order valence-corrected chi connectivity index (χ0v) is 13.5. The van der Waals surface area contributed by atoms with Gasteiger partial charge >= 0.3 is 0 Å². The van der Waals surface area contributed by atoms with Gasteiger partial charge in [0, 0.05) is 20.2 Å². The third kappa shape index (κ3) is 4.56. The number of carbonyl (C=O) groups excluding carboxylic acids is 2. The Morgan fingerprint density at radius 1 is 1.19 bits per heavy atom. The molecule has 2 rings (SSSR count). The number of hydrogen-bond donors (Lipinski definition) is 2. The van der Waals surface area contributed by atoms with Crippen LogP contribution in [-0.2, 0) is 14.3 Å². The summed E-state index contributed by atoms with van der Waals surface area (Å²) in [6.07, 6.45) is 4.61. The maximum absolute atomic E-state index is 12.3. The molecule has 2 saturated heterocycles. The number of halogens is 1. The van der Waals surface area contributed by atoms with Crippen molar-refractivity contribution >= 4 is 24.2 Å². The number of methoxy groups -OCH3 is 1. The predicted molar refractivity (Wildman–Crippen MR) is 82.5 cm³/mol. The van der Waals surface area contributed by atoms with Gasteiger partial charge in [-0.15, -0.1) is 12.4 Å². The van der Waals surface area contributed by atoms with Crippen LogP contribution in [0, 0.1) is 0 Å². The van der Waals surface area contributed by atoms with Crippen LogP contribution < -0.4 is 10.6 Å². The molecule has 2 aliphatic rings. The van der Waals surface area contributed by atoms with E-state index in [1.54, 1.807) is 7.11 Å². The fraction of sp³-hybridized carbons (Fsp3) is 0.857. The van der Waals surface area contributed by atoms with Gasteiger partial charge in [-0.3, -0.25) is 9.59 Å². The molecular weight excluding hydrogens is 294 g/mol. The molecule has 21 heavy (non-hydrogen) atoms. The summed E-state index contributed by atoms with van der Waals surface area (Å²) in [5.41, 5.74) is -0.770. The van der Waals surface area contributed by atoms with E-state index in [0.29, 0.717) is 12.8 Å². The molecule has 122 valence electrons. The highest BCUT2D eigenvalue weighted by Crippen LogP contribution is 2.22. The summed E-state index contributed by atoms with van der Waals surface area (Å²) in [6.45, 7) is 3.24. The second-order valence-corrected chi connectivity index (χ2v) is 5.57. The number of carbonyl (C=O) groups is 2. The molecule has 0 unspecified atom stereocenters. The molecule has 0 aromatic carbocycles.